The molecule has 0 bridgehead atoms. The van der Waals surface area contributed by atoms with Crippen molar-refractivity contribution in [3.63, 3.8) is 0 Å². The van der Waals surface area contributed by atoms with Crippen molar-refractivity contribution in [2.24, 2.45) is 0 Å². The number of hydrogen-bond donors (Lipinski definition) is 0. The molecule has 1 aliphatic heterocycles. The molecule has 0 spiro atoms. The number of rotatable bonds is 6. The van der Waals surface area contributed by atoms with Crippen LogP contribution in [0.2, 0.25) is 0 Å². The summed E-state index contributed by atoms with van der Waals surface area (Å²) in [6.45, 7) is 4.10. The minimum Gasteiger partial charge on any atom is -0.406 e. The van der Waals surface area contributed by atoms with Gasteiger partial charge in [-0.3, -0.25) is 4.79 Å². The van der Waals surface area contributed by atoms with E-state index >= 15 is 0 Å². The van der Waals surface area contributed by atoms with Crippen LogP contribution in [0, 0.1) is 0 Å². The molecule has 0 aliphatic carbocycles. The van der Waals surface area contributed by atoms with E-state index in [-0.39, 0.29) is 11.3 Å². The highest BCUT2D eigenvalue weighted by atomic mass is 19.4. The van der Waals surface area contributed by atoms with Crippen LogP contribution < -0.4 is 15.2 Å². The minimum atomic E-state index is -4.76. The summed E-state index contributed by atoms with van der Waals surface area (Å²) in [5.74, 6) is 0.940. The molecule has 0 saturated carbocycles. The van der Waals surface area contributed by atoms with Crippen LogP contribution in [0.1, 0.15) is 5.56 Å². The Balaban J connectivity index is 1.33. The minimum absolute atomic E-state index is 0.161. The van der Waals surface area contributed by atoms with Crippen molar-refractivity contribution in [2.75, 3.05) is 38.1 Å². The van der Waals surface area contributed by atoms with Crippen molar-refractivity contribution >= 4 is 5.82 Å². The van der Waals surface area contributed by atoms with Crippen LogP contribution in [0.4, 0.5) is 19.0 Å². The molecule has 4 heterocycles. The van der Waals surface area contributed by atoms with Gasteiger partial charge in [-0.15, -0.1) is 13.2 Å². The van der Waals surface area contributed by atoms with Gasteiger partial charge in [-0.25, -0.2) is 4.98 Å². The SMILES string of the molecule is CN1CCN(c2cc(Cn3cc(-c4cc(-c5ccc(OC(F)(F)F)cc5)on4)ccc3=O)ccn2)CC1. The fraction of sp³-hybridized carbons (Fsp3) is 0.269. The van der Waals surface area contributed by atoms with Gasteiger partial charge in [-0.05, 0) is 55.1 Å². The van der Waals surface area contributed by atoms with Gasteiger partial charge in [0.05, 0.1) is 6.54 Å². The highest BCUT2D eigenvalue weighted by Gasteiger charge is 2.31. The molecule has 0 radical (unpaired) electrons. The third-order valence-corrected chi connectivity index (χ3v) is 6.15. The smallest absolute Gasteiger partial charge is 0.406 e. The number of aromatic nitrogens is 3. The van der Waals surface area contributed by atoms with Gasteiger partial charge in [0.15, 0.2) is 5.76 Å². The van der Waals surface area contributed by atoms with E-state index in [2.05, 4.69) is 31.7 Å². The number of nitrogens with zero attached hydrogens (tertiary/aromatic N) is 5. The number of pyridine rings is 2. The Morgan fingerprint density at radius 1 is 0.973 bits per heavy atom. The Morgan fingerprint density at radius 2 is 1.70 bits per heavy atom. The number of hydrogen-bond acceptors (Lipinski definition) is 7. The molecule has 192 valence electrons. The summed E-state index contributed by atoms with van der Waals surface area (Å²) in [5.41, 5.74) is 2.48. The second-order valence-corrected chi connectivity index (χ2v) is 8.85. The molecule has 0 atom stereocenters. The Kier molecular flexibility index (Phi) is 6.70. The van der Waals surface area contributed by atoms with Crippen LogP contribution >= 0.6 is 0 Å². The van der Waals surface area contributed by atoms with Gasteiger partial charge in [-0.2, -0.15) is 0 Å². The highest BCUT2D eigenvalue weighted by Crippen LogP contribution is 2.29. The average Bonchev–Trinajstić information content (AvgIpc) is 3.36. The van der Waals surface area contributed by atoms with Gasteiger partial charge >= 0.3 is 6.36 Å². The van der Waals surface area contributed by atoms with Crippen molar-refractivity contribution in [2.45, 2.75) is 12.9 Å². The molecule has 0 amide bonds. The van der Waals surface area contributed by atoms with E-state index in [0.29, 0.717) is 29.1 Å². The second kappa shape index (κ2) is 10.1. The van der Waals surface area contributed by atoms with Crippen LogP contribution in [-0.4, -0.2) is 59.2 Å². The molecule has 0 N–H and O–H groups in total. The number of anilines is 1. The summed E-state index contributed by atoms with van der Waals surface area (Å²) in [6, 6.07) is 14.0. The van der Waals surface area contributed by atoms with E-state index in [4.69, 9.17) is 4.52 Å². The van der Waals surface area contributed by atoms with E-state index in [1.807, 2.05) is 12.1 Å². The number of alkyl halides is 3. The van der Waals surface area contributed by atoms with E-state index < -0.39 is 6.36 Å². The summed E-state index contributed by atoms with van der Waals surface area (Å²) in [5, 5.41) is 4.08. The molecule has 1 aliphatic rings. The quantitative estimate of drug-likeness (QED) is 0.383. The predicted molar refractivity (Wildman–Crippen MR) is 131 cm³/mol. The maximum atomic E-state index is 12.6. The number of benzene rings is 1. The van der Waals surface area contributed by atoms with Crippen LogP contribution in [0.5, 0.6) is 5.75 Å². The number of halogens is 3. The van der Waals surface area contributed by atoms with Gasteiger partial charge in [0.1, 0.15) is 17.3 Å². The first-order valence-corrected chi connectivity index (χ1v) is 11.7. The molecule has 5 rings (SSSR count). The van der Waals surface area contributed by atoms with E-state index in [1.165, 1.54) is 30.3 Å². The molecule has 3 aromatic heterocycles. The van der Waals surface area contributed by atoms with Crippen molar-refractivity contribution in [3.05, 3.63) is 82.9 Å². The average molecular weight is 512 g/mol. The maximum Gasteiger partial charge on any atom is 0.573 e. The molecule has 11 heteroatoms. The molecule has 1 saturated heterocycles. The summed E-state index contributed by atoms with van der Waals surface area (Å²) in [7, 11) is 2.10. The lowest BCUT2D eigenvalue weighted by Crippen LogP contribution is -2.44. The number of piperazine rings is 1. The van der Waals surface area contributed by atoms with Crippen molar-refractivity contribution in [1.29, 1.82) is 0 Å². The second-order valence-electron chi connectivity index (χ2n) is 8.85. The largest absolute Gasteiger partial charge is 0.573 e. The molecular formula is C26H24F3N5O3. The van der Waals surface area contributed by atoms with Gasteiger partial charge < -0.3 is 23.6 Å². The zero-order chi connectivity index (χ0) is 26.0. The molecule has 4 aromatic rings. The summed E-state index contributed by atoms with van der Waals surface area (Å²) in [6.07, 6.45) is -1.29. The molecule has 37 heavy (non-hydrogen) atoms. The topological polar surface area (TPSA) is 76.6 Å². The van der Waals surface area contributed by atoms with Crippen molar-refractivity contribution in [1.82, 2.24) is 19.6 Å². The maximum absolute atomic E-state index is 12.6. The standard InChI is InChI=1S/C26H24F3N5O3/c1-32-10-12-33(13-11-32)24-14-18(8-9-30-24)16-34-17-20(4-7-25(34)35)22-15-23(37-31-22)19-2-5-21(6-3-19)36-26(27,28)29/h2-9,14-15,17H,10-13,16H2,1H3. The Labute approximate surface area is 210 Å². The third kappa shape index (κ3) is 6.00. The first-order chi connectivity index (χ1) is 17.7. The molecular weight excluding hydrogens is 487 g/mol. The lowest BCUT2D eigenvalue weighted by molar-refractivity contribution is -0.274. The summed E-state index contributed by atoms with van der Waals surface area (Å²) >= 11 is 0. The van der Waals surface area contributed by atoms with E-state index in [9.17, 15) is 18.0 Å². The molecule has 8 nitrogen and oxygen atoms in total. The summed E-state index contributed by atoms with van der Waals surface area (Å²) < 4.78 is 48.1. The Bertz CT molecular complexity index is 1420. The third-order valence-electron chi connectivity index (χ3n) is 6.15. The normalized spacial score (nSPS) is 14.6. The van der Waals surface area contributed by atoms with Gasteiger partial charge in [0.25, 0.3) is 5.56 Å². The lowest BCUT2D eigenvalue weighted by Gasteiger charge is -2.33. The lowest BCUT2D eigenvalue weighted by atomic mass is 10.1. The van der Waals surface area contributed by atoms with Crippen LogP contribution in [0.25, 0.3) is 22.6 Å². The molecule has 1 aromatic carbocycles. The van der Waals surface area contributed by atoms with Crippen LogP contribution in [0.15, 0.2) is 76.3 Å². The first-order valence-electron chi connectivity index (χ1n) is 11.7. The number of ether oxygens (including phenoxy) is 1. The van der Waals surface area contributed by atoms with Crippen molar-refractivity contribution in [3.8, 4) is 28.3 Å². The van der Waals surface area contributed by atoms with Crippen LogP contribution in [-0.2, 0) is 6.54 Å². The van der Waals surface area contributed by atoms with Crippen LogP contribution in [0.3, 0.4) is 0 Å². The van der Waals surface area contributed by atoms with E-state index in [0.717, 1.165) is 37.6 Å². The Morgan fingerprint density at radius 3 is 2.43 bits per heavy atom. The summed E-state index contributed by atoms with van der Waals surface area (Å²) in [4.78, 5) is 21.6. The monoisotopic (exact) mass is 511 g/mol. The number of likely N-dealkylation sites (N-methyl/N-ethyl adjacent to an activating group) is 1. The Hall–Kier alpha value is -4.12. The predicted octanol–water partition coefficient (Wildman–Crippen LogP) is 4.26. The van der Waals surface area contributed by atoms with E-state index in [1.54, 1.807) is 29.1 Å². The van der Waals surface area contributed by atoms with Gasteiger partial charge in [0, 0.05) is 61.8 Å². The van der Waals surface area contributed by atoms with Gasteiger partial charge in [0.2, 0.25) is 0 Å². The van der Waals surface area contributed by atoms with Crippen molar-refractivity contribution < 1.29 is 22.4 Å². The molecule has 0 unspecified atom stereocenters. The fourth-order valence-corrected chi connectivity index (χ4v) is 4.14. The van der Waals surface area contributed by atoms with Gasteiger partial charge in [-0.1, -0.05) is 5.16 Å². The zero-order valence-corrected chi connectivity index (χ0v) is 20.0. The highest BCUT2D eigenvalue weighted by molar-refractivity contribution is 5.66. The molecule has 1 fully saturated rings. The fourth-order valence-electron chi connectivity index (χ4n) is 4.14. The zero-order valence-electron chi connectivity index (χ0n) is 20.0. The first kappa shape index (κ1) is 24.6.